The minimum absolute atomic E-state index is 0.314. The Bertz CT molecular complexity index is 627. The molecule has 1 aliphatic heterocycles. The van der Waals surface area contributed by atoms with Crippen molar-refractivity contribution in [2.75, 3.05) is 25.4 Å². The molecule has 3 rings (SSSR count). The fourth-order valence-electron chi connectivity index (χ4n) is 3.56. The predicted molar refractivity (Wildman–Crippen MR) is 84.8 cm³/mol. The number of rotatable bonds is 4. The summed E-state index contributed by atoms with van der Waals surface area (Å²) in [7, 11) is -2.97. The molecule has 5 heteroatoms. The maximum atomic E-state index is 11.8. The van der Waals surface area contributed by atoms with Gasteiger partial charge in [-0.05, 0) is 36.8 Å². The van der Waals surface area contributed by atoms with Crippen LogP contribution in [-0.4, -0.2) is 38.1 Å². The molecule has 1 aliphatic carbocycles. The summed E-state index contributed by atoms with van der Waals surface area (Å²) in [5, 5.41) is 3.57. The van der Waals surface area contributed by atoms with Crippen LogP contribution in [0.5, 0.6) is 0 Å². The lowest BCUT2D eigenvalue weighted by Gasteiger charge is -2.21. The summed E-state index contributed by atoms with van der Waals surface area (Å²) in [5.41, 5.74) is 4.11. The molecular weight excluding hydrogens is 284 g/mol. The molecule has 0 unspecified atom stereocenters. The van der Waals surface area contributed by atoms with Gasteiger partial charge in [-0.3, -0.25) is 0 Å². The van der Waals surface area contributed by atoms with Crippen molar-refractivity contribution >= 4 is 10.0 Å². The highest BCUT2D eigenvalue weighted by molar-refractivity contribution is 7.89. The Morgan fingerprint density at radius 1 is 1.38 bits per heavy atom. The van der Waals surface area contributed by atoms with Gasteiger partial charge in [0.15, 0.2) is 0 Å². The third kappa shape index (κ3) is 3.00. The number of nitrogens with zero attached hydrogens (tertiary/aromatic N) is 1. The number of hydrogen-bond acceptors (Lipinski definition) is 3. The normalized spacial score (nSPS) is 27.9. The third-order valence-electron chi connectivity index (χ3n) is 4.68. The molecule has 1 saturated heterocycles. The molecule has 1 fully saturated rings. The molecule has 0 radical (unpaired) electrons. The maximum absolute atomic E-state index is 11.8. The number of benzene rings is 1. The minimum atomic E-state index is -2.97. The quantitative estimate of drug-likeness (QED) is 0.923. The Balaban J connectivity index is 1.63. The van der Waals surface area contributed by atoms with E-state index in [1.807, 2.05) is 0 Å². The van der Waals surface area contributed by atoms with Crippen LogP contribution in [0.3, 0.4) is 0 Å². The second-order valence-electron chi connectivity index (χ2n) is 6.38. The molecule has 0 saturated carbocycles. The summed E-state index contributed by atoms with van der Waals surface area (Å²) in [6, 6.07) is 7.02. The smallest absolute Gasteiger partial charge is 0.214 e. The highest BCUT2D eigenvalue weighted by atomic mass is 32.2. The van der Waals surface area contributed by atoms with Crippen molar-refractivity contribution in [3.63, 3.8) is 0 Å². The first-order valence-corrected chi connectivity index (χ1v) is 9.39. The molecule has 0 aromatic heterocycles. The molecule has 21 heavy (non-hydrogen) atoms. The van der Waals surface area contributed by atoms with Crippen molar-refractivity contribution in [3.05, 3.63) is 34.9 Å². The van der Waals surface area contributed by atoms with E-state index in [2.05, 4.69) is 37.4 Å². The SMILES string of the molecule is Cc1ccc2c(c1)[C@H](NCCN1CCCS1(=O)=O)[C@H](C)C2. The first-order valence-electron chi connectivity index (χ1n) is 7.78. The van der Waals surface area contributed by atoms with Crippen molar-refractivity contribution in [1.82, 2.24) is 9.62 Å². The van der Waals surface area contributed by atoms with E-state index in [1.54, 1.807) is 4.31 Å². The van der Waals surface area contributed by atoms with Gasteiger partial charge in [0.05, 0.1) is 5.75 Å². The number of nitrogens with one attached hydrogen (secondary N) is 1. The van der Waals surface area contributed by atoms with E-state index >= 15 is 0 Å². The summed E-state index contributed by atoms with van der Waals surface area (Å²) >= 11 is 0. The van der Waals surface area contributed by atoms with Gasteiger partial charge in [0.25, 0.3) is 0 Å². The Labute approximate surface area is 127 Å². The molecule has 116 valence electrons. The van der Waals surface area contributed by atoms with Gasteiger partial charge in [0.2, 0.25) is 10.0 Å². The topological polar surface area (TPSA) is 49.4 Å². The zero-order chi connectivity index (χ0) is 15.0. The number of sulfonamides is 1. The zero-order valence-electron chi connectivity index (χ0n) is 12.8. The van der Waals surface area contributed by atoms with Crippen molar-refractivity contribution in [3.8, 4) is 0 Å². The van der Waals surface area contributed by atoms with Gasteiger partial charge < -0.3 is 5.32 Å². The van der Waals surface area contributed by atoms with E-state index in [0.717, 1.165) is 19.4 Å². The summed E-state index contributed by atoms with van der Waals surface area (Å²) < 4.78 is 25.2. The van der Waals surface area contributed by atoms with Crippen LogP contribution in [0.4, 0.5) is 0 Å². The molecule has 0 amide bonds. The average Bonchev–Trinajstić information content (AvgIpc) is 2.90. The van der Waals surface area contributed by atoms with Gasteiger partial charge in [-0.15, -0.1) is 0 Å². The summed E-state index contributed by atoms with van der Waals surface area (Å²) in [6.45, 7) is 6.38. The second kappa shape index (κ2) is 5.71. The summed E-state index contributed by atoms with van der Waals surface area (Å²) in [6.07, 6.45) is 1.87. The first kappa shape index (κ1) is 15.0. The van der Waals surface area contributed by atoms with Gasteiger partial charge >= 0.3 is 0 Å². The fraction of sp³-hybridized carbons (Fsp3) is 0.625. The Kier molecular flexibility index (Phi) is 4.08. The first-order chi connectivity index (χ1) is 9.97. The van der Waals surface area contributed by atoms with E-state index in [4.69, 9.17) is 0 Å². The van der Waals surface area contributed by atoms with E-state index in [9.17, 15) is 8.42 Å². The van der Waals surface area contributed by atoms with Crippen LogP contribution in [0, 0.1) is 12.8 Å². The van der Waals surface area contributed by atoms with Gasteiger partial charge in [0, 0.05) is 25.7 Å². The molecule has 2 aliphatic rings. The fourth-order valence-corrected chi connectivity index (χ4v) is 5.09. The van der Waals surface area contributed by atoms with Gasteiger partial charge in [-0.1, -0.05) is 30.7 Å². The van der Waals surface area contributed by atoms with Crippen molar-refractivity contribution in [2.24, 2.45) is 5.92 Å². The minimum Gasteiger partial charge on any atom is -0.308 e. The van der Waals surface area contributed by atoms with Crippen LogP contribution in [0.2, 0.25) is 0 Å². The lowest BCUT2D eigenvalue weighted by Crippen LogP contribution is -2.35. The standard InChI is InChI=1S/C16H24N2O2S/c1-12-4-5-14-11-13(2)16(15(14)10-12)17-6-8-18-7-3-9-21(18,19)20/h4-5,10,13,16-17H,3,6-9,11H2,1-2H3/t13-,16-/m1/s1. The lowest BCUT2D eigenvalue weighted by molar-refractivity contribution is 0.378. The highest BCUT2D eigenvalue weighted by Crippen LogP contribution is 2.36. The molecule has 1 aromatic rings. The molecule has 1 N–H and O–H groups in total. The lowest BCUT2D eigenvalue weighted by atomic mass is 10.0. The van der Waals surface area contributed by atoms with Crippen LogP contribution in [0.15, 0.2) is 18.2 Å². The van der Waals surface area contributed by atoms with Gasteiger partial charge in [-0.2, -0.15) is 0 Å². The predicted octanol–water partition coefficient (Wildman–Crippen LogP) is 1.85. The molecule has 0 bridgehead atoms. The molecule has 0 spiro atoms. The Morgan fingerprint density at radius 3 is 2.90 bits per heavy atom. The van der Waals surface area contributed by atoms with Crippen molar-refractivity contribution < 1.29 is 8.42 Å². The number of hydrogen-bond donors (Lipinski definition) is 1. The second-order valence-corrected chi connectivity index (χ2v) is 8.47. The van der Waals surface area contributed by atoms with E-state index in [0.29, 0.717) is 30.8 Å². The molecule has 2 atom stereocenters. The van der Waals surface area contributed by atoms with Crippen molar-refractivity contribution in [1.29, 1.82) is 0 Å². The van der Waals surface area contributed by atoms with Gasteiger partial charge in [0.1, 0.15) is 0 Å². The number of fused-ring (bicyclic) bond motifs is 1. The van der Waals surface area contributed by atoms with E-state index < -0.39 is 10.0 Å². The summed E-state index contributed by atoms with van der Waals surface area (Å²) in [4.78, 5) is 0. The molecule has 1 heterocycles. The van der Waals surface area contributed by atoms with E-state index in [-0.39, 0.29) is 0 Å². The zero-order valence-corrected chi connectivity index (χ0v) is 13.6. The van der Waals surface area contributed by atoms with E-state index in [1.165, 1.54) is 16.7 Å². The van der Waals surface area contributed by atoms with Gasteiger partial charge in [-0.25, -0.2) is 12.7 Å². The maximum Gasteiger partial charge on any atom is 0.214 e. The molecule has 4 nitrogen and oxygen atoms in total. The average molecular weight is 308 g/mol. The highest BCUT2D eigenvalue weighted by Gasteiger charge is 2.30. The monoisotopic (exact) mass is 308 g/mol. The molecule has 1 aromatic carbocycles. The van der Waals surface area contributed by atoms with Crippen LogP contribution in [0.25, 0.3) is 0 Å². The van der Waals surface area contributed by atoms with Crippen molar-refractivity contribution in [2.45, 2.75) is 32.7 Å². The van der Waals surface area contributed by atoms with Crippen LogP contribution < -0.4 is 5.32 Å². The van der Waals surface area contributed by atoms with Crippen LogP contribution in [-0.2, 0) is 16.4 Å². The molecular formula is C16H24N2O2S. The third-order valence-corrected chi connectivity index (χ3v) is 6.63. The Hall–Kier alpha value is -0.910. The van der Waals surface area contributed by atoms with Crippen LogP contribution in [0.1, 0.15) is 36.1 Å². The summed E-state index contributed by atoms with van der Waals surface area (Å²) in [5.74, 6) is 0.881. The Morgan fingerprint density at radius 2 is 2.19 bits per heavy atom. The number of aryl methyl sites for hydroxylation is 1. The largest absolute Gasteiger partial charge is 0.308 e. The van der Waals surface area contributed by atoms with Crippen LogP contribution >= 0.6 is 0 Å².